The number of carbonyl (C=O) groups is 1. The van der Waals surface area contributed by atoms with Crippen LogP contribution < -0.4 is 0 Å². The van der Waals surface area contributed by atoms with Crippen molar-refractivity contribution >= 4 is 15.7 Å². The van der Waals surface area contributed by atoms with Gasteiger partial charge < -0.3 is 9.32 Å². The van der Waals surface area contributed by atoms with E-state index in [1.807, 2.05) is 11.0 Å². The van der Waals surface area contributed by atoms with Crippen LogP contribution in [0.3, 0.4) is 0 Å². The predicted molar refractivity (Wildman–Crippen MR) is 88.3 cm³/mol. The number of amides is 1. The van der Waals surface area contributed by atoms with Crippen LogP contribution in [0.4, 0.5) is 0 Å². The van der Waals surface area contributed by atoms with Gasteiger partial charge in [-0.1, -0.05) is 18.2 Å². The van der Waals surface area contributed by atoms with Crippen LogP contribution in [0.2, 0.25) is 0 Å². The van der Waals surface area contributed by atoms with Crippen molar-refractivity contribution in [1.29, 1.82) is 0 Å². The molecule has 2 aromatic rings. The number of hydrogen-bond donors (Lipinski definition) is 0. The first-order valence-electron chi connectivity index (χ1n) is 8.21. The zero-order valence-corrected chi connectivity index (χ0v) is 14.0. The fourth-order valence-corrected chi connectivity index (χ4v) is 5.92. The Hall–Kier alpha value is -2.08. The van der Waals surface area contributed by atoms with Crippen LogP contribution in [-0.2, 0) is 9.84 Å². The number of rotatable bonds is 3. The predicted octanol–water partition coefficient (Wildman–Crippen LogP) is 2.89. The first-order valence-corrected chi connectivity index (χ1v) is 9.76. The number of hydrogen-bond acceptors (Lipinski definition) is 4. The zero-order valence-electron chi connectivity index (χ0n) is 13.2. The van der Waals surface area contributed by atoms with Gasteiger partial charge in [0.05, 0.1) is 22.0 Å². The van der Waals surface area contributed by atoms with Gasteiger partial charge in [-0.3, -0.25) is 4.79 Å². The molecule has 0 saturated carbocycles. The third-order valence-corrected chi connectivity index (χ3v) is 7.39. The molecule has 0 spiro atoms. The molecular formula is C18H19NO4S. The molecule has 0 radical (unpaired) electrons. The van der Waals surface area contributed by atoms with Crippen LogP contribution in [0.5, 0.6) is 0 Å². The van der Waals surface area contributed by atoms with Gasteiger partial charge in [0.1, 0.15) is 6.26 Å². The second-order valence-corrected chi connectivity index (χ2v) is 8.79. The van der Waals surface area contributed by atoms with Crippen molar-refractivity contribution in [3.63, 3.8) is 0 Å². The van der Waals surface area contributed by atoms with Gasteiger partial charge in [0.15, 0.2) is 9.84 Å². The molecule has 0 aliphatic carbocycles. The first-order chi connectivity index (χ1) is 11.6. The Labute approximate surface area is 141 Å². The molecule has 24 heavy (non-hydrogen) atoms. The van der Waals surface area contributed by atoms with E-state index in [0.29, 0.717) is 23.3 Å². The monoisotopic (exact) mass is 345 g/mol. The highest BCUT2D eigenvalue weighted by molar-refractivity contribution is 7.92. The van der Waals surface area contributed by atoms with E-state index in [1.165, 1.54) is 12.5 Å². The van der Waals surface area contributed by atoms with Crippen molar-refractivity contribution in [2.75, 3.05) is 0 Å². The van der Waals surface area contributed by atoms with Crippen molar-refractivity contribution in [3.05, 3.63) is 54.5 Å². The Morgan fingerprint density at radius 1 is 1.04 bits per heavy atom. The van der Waals surface area contributed by atoms with Gasteiger partial charge in [0.25, 0.3) is 5.91 Å². The molecule has 1 aromatic carbocycles. The normalized spacial score (nSPS) is 26.5. The average molecular weight is 345 g/mol. The van der Waals surface area contributed by atoms with E-state index < -0.39 is 15.1 Å². The molecule has 4 rings (SSSR count). The number of piperidine rings is 1. The molecule has 0 N–H and O–H groups in total. The minimum atomic E-state index is -3.35. The molecular weight excluding hydrogens is 326 g/mol. The number of carbonyl (C=O) groups excluding carboxylic acids is 1. The van der Waals surface area contributed by atoms with Crippen molar-refractivity contribution in [1.82, 2.24) is 4.90 Å². The molecule has 1 aromatic heterocycles. The summed E-state index contributed by atoms with van der Waals surface area (Å²) in [5.74, 6) is -0.0493. The lowest BCUT2D eigenvalue weighted by atomic mass is 10.0. The Morgan fingerprint density at radius 2 is 1.71 bits per heavy atom. The number of sulfone groups is 1. The maximum atomic E-state index is 12.9. The summed E-state index contributed by atoms with van der Waals surface area (Å²) in [5.41, 5.74) is 0.538. The highest BCUT2D eigenvalue weighted by Crippen LogP contribution is 2.40. The Morgan fingerprint density at radius 3 is 2.29 bits per heavy atom. The van der Waals surface area contributed by atoms with Gasteiger partial charge in [0, 0.05) is 12.1 Å². The molecule has 2 fully saturated rings. The van der Waals surface area contributed by atoms with E-state index in [2.05, 4.69) is 0 Å². The molecule has 2 aliphatic heterocycles. The minimum Gasteiger partial charge on any atom is -0.472 e. The highest BCUT2D eigenvalue weighted by atomic mass is 32.2. The number of nitrogens with zero attached hydrogens (tertiary/aromatic N) is 1. The fourth-order valence-electron chi connectivity index (χ4n) is 4.05. The van der Waals surface area contributed by atoms with Gasteiger partial charge in [-0.05, 0) is 43.9 Å². The number of benzene rings is 1. The Balaban J connectivity index is 1.58. The van der Waals surface area contributed by atoms with E-state index in [1.54, 1.807) is 30.3 Å². The zero-order chi connectivity index (χ0) is 16.7. The Bertz CT molecular complexity index is 815. The third kappa shape index (κ3) is 2.45. The molecule has 126 valence electrons. The van der Waals surface area contributed by atoms with Crippen LogP contribution in [0.15, 0.2) is 58.2 Å². The maximum absolute atomic E-state index is 12.9. The lowest BCUT2D eigenvalue weighted by molar-refractivity contribution is 0.0597. The largest absolute Gasteiger partial charge is 0.472 e. The minimum absolute atomic E-state index is 0.00497. The quantitative estimate of drug-likeness (QED) is 0.858. The molecule has 3 heterocycles. The summed E-state index contributed by atoms with van der Waals surface area (Å²) in [4.78, 5) is 14.9. The fraction of sp³-hybridized carbons (Fsp3) is 0.389. The lowest BCUT2D eigenvalue weighted by Crippen LogP contribution is -2.49. The molecule has 6 heteroatoms. The maximum Gasteiger partial charge on any atom is 0.257 e. The summed E-state index contributed by atoms with van der Waals surface area (Å²) in [5, 5.41) is -0.411. The second kappa shape index (κ2) is 5.77. The summed E-state index contributed by atoms with van der Waals surface area (Å²) >= 11 is 0. The van der Waals surface area contributed by atoms with E-state index in [4.69, 9.17) is 4.42 Å². The molecule has 1 amide bonds. The topological polar surface area (TPSA) is 67.6 Å². The van der Waals surface area contributed by atoms with Gasteiger partial charge in [-0.25, -0.2) is 8.42 Å². The van der Waals surface area contributed by atoms with Gasteiger partial charge in [0.2, 0.25) is 0 Å². The molecule has 2 atom stereocenters. The summed E-state index contributed by atoms with van der Waals surface area (Å²) < 4.78 is 30.8. The van der Waals surface area contributed by atoms with Crippen molar-refractivity contribution < 1.29 is 17.6 Å². The standard InChI is InChI=1S/C18H19NO4S/c20-18(13-8-9-23-12-13)19-14-6-7-15(19)11-17(10-14)24(21,22)16-4-2-1-3-5-16/h1-5,8-9,12,14-15,17H,6-7,10-11H2. The second-order valence-electron chi connectivity index (χ2n) is 6.56. The van der Waals surface area contributed by atoms with Crippen molar-refractivity contribution in [2.24, 2.45) is 0 Å². The molecule has 2 bridgehead atoms. The van der Waals surface area contributed by atoms with E-state index in [9.17, 15) is 13.2 Å². The smallest absolute Gasteiger partial charge is 0.257 e. The van der Waals surface area contributed by atoms with Gasteiger partial charge in [-0.15, -0.1) is 0 Å². The number of fused-ring (bicyclic) bond motifs is 2. The van der Waals surface area contributed by atoms with Crippen molar-refractivity contribution in [3.8, 4) is 0 Å². The molecule has 2 unspecified atom stereocenters. The Kier molecular flexibility index (Phi) is 3.72. The molecule has 5 nitrogen and oxygen atoms in total. The molecule has 2 saturated heterocycles. The van der Waals surface area contributed by atoms with E-state index in [-0.39, 0.29) is 18.0 Å². The summed E-state index contributed by atoms with van der Waals surface area (Å²) in [6.07, 6.45) is 5.70. The summed E-state index contributed by atoms with van der Waals surface area (Å²) in [7, 11) is -3.35. The van der Waals surface area contributed by atoms with Crippen LogP contribution >= 0.6 is 0 Å². The number of furan rings is 1. The third-order valence-electron chi connectivity index (χ3n) is 5.20. The molecule has 2 aliphatic rings. The van der Waals surface area contributed by atoms with Crippen LogP contribution in [0, 0.1) is 0 Å². The summed E-state index contributed by atoms with van der Waals surface area (Å²) in [6.45, 7) is 0. The van der Waals surface area contributed by atoms with E-state index in [0.717, 1.165) is 12.8 Å². The average Bonchev–Trinajstić information content (AvgIpc) is 3.21. The van der Waals surface area contributed by atoms with Crippen LogP contribution in [-0.4, -0.2) is 36.6 Å². The van der Waals surface area contributed by atoms with Crippen LogP contribution in [0.25, 0.3) is 0 Å². The highest BCUT2D eigenvalue weighted by Gasteiger charge is 2.47. The van der Waals surface area contributed by atoms with Gasteiger partial charge >= 0.3 is 0 Å². The summed E-state index contributed by atoms with van der Waals surface area (Å²) in [6, 6.07) is 10.3. The first kappa shape index (κ1) is 15.4. The lowest BCUT2D eigenvalue weighted by Gasteiger charge is -2.38. The SMILES string of the molecule is O=C(c1ccoc1)N1C2CCC1CC(S(=O)(=O)c1ccccc1)C2. The van der Waals surface area contributed by atoms with Crippen LogP contribution in [0.1, 0.15) is 36.0 Å². The van der Waals surface area contributed by atoms with Gasteiger partial charge in [-0.2, -0.15) is 0 Å². The van der Waals surface area contributed by atoms with E-state index >= 15 is 0 Å². The van der Waals surface area contributed by atoms with Crippen molar-refractivity contribution in [2.45, 2.75) is 47.9 Å².